The highest BCUT2D eigenvalue weighted by molar-refractivity contribution is 7.89. The van der Waals surface area contributed by atoms with E-state index in [4.69, 9.17) is 4.84 Å². The molecule has 2 rings (SSSR count). The Balaban J connectivity index is 2.30. The van der Waals surface area contributed by atoms with Crippen molar-refractivity contribution in [3.05, 3.63) is 29.8 Å². The SMILES string of the molecule is CC(=O)c1ccc(S(=O)(=O)N2CCCO2)cc1. The van der Waals surface area contributed by atoms with E-state index in [0.29, 0.717) is 25.1 Å². The quantitative estimate of drug-likeness (QED) is 0.762. The Labute approximate surface area is 100.0 Å². The third-order valence-electron chi connectivity index (χ3n) is 2.55. The fourth-order valence-corrected chi connectivity index (χ4v) is 2.89. The molecule has 0 spiro atoms. The van der Waals surface area contributed by atoms with E-state index in [2.05, 4.69) is 0 Å². The van der Waals surface area contributed by atoms with Crippen molar-refractivity contribution in [2.75, 3.05) is 13.2 Å². The van der Waals surface area contributed by atoms with E-state index in [1.165, 1.54) is 31.2 Å². The molecule has 1 aliphatic heterocycles. The molecule has 0 N–H and O–H groups in total. The van der Waals surface area contributed by atoms with Gasteiger partial charge in [-0.15, -0.1) is 0 Å². The van der Waals surface area contributed by atoms with Crippen LogP contribution < -0.4 is 0 Å². The summed E-state index contributed by atoms with van der Waals surface area (Å²) in [7, 11) is -3.58. The number of benzene rings is 1. The van der Waals surface area contributed by atoms with Gasteiger partial charge in [0.05, 0.1) is 11.5 Å². The van der Waals surface area contributed by atoms with Gasteiger partial charge in [-0.25, -0.2) is 8.42 Å². The maximum atomic E-state index is 12.0. The van der Waals surface area contributed by atoms with Crippen LogP contribution >= 0.6 is 0 Å². The minimum atomic E-state index is -3.58. The number of ketones is 1. The molecule has 0 atom stereocenters. The van der Waals surface area contributed by atoms with Crippen LogP contribution in [0, 0.1) is 0 Å². The summed E-state index contributed by atoms with van der Waals surface area (Å²) in [6, 6.07) is 5.86. The van der Waals surface area contributed by atoms with E-state index in [9.17, 15) is 13.2 Å². The van der Waals surface area contributed by atoms with Crippen LogP contribution in [0.25, 0.3) is 0 Å². The van der Waals surface area contributed by atoms with Crippen molar-refractivity contribution in [1.82, 2.24) is 4.47 Å². The van der Waals surface area contributed by atoms with Crippen molar-refractivity contribution >= 4 is 15.8 Å². The number of hydroxylamine groups is 1. The number of sulfonamides is 1. The average Bonchev–Trinajstić information content (AvgIpc) is 2.83. The van der Waals surface area contributed by atoms with Crippen LogP contribution in [0.1, 0.15) is 23.7 Å². The second kappa shape index (κ2) is 4.56. The van der Waals surface area contributed by atoms with Crippen molar-refractivity contribution in [1.29, 1.82) is 0 Å². The number of hydrogen-bond acceptors (Lipinski definition) is 4. The first-order chi connectivity index (χ1) is 8.01. The summed E-state index contributed by atoms with van der Waals surface area (Å²) in [4.78, 5) is 16.2. The number of Topliss-reactive ketones (excluding diaryl/α,β-unsaturated/α-hetero) is 1. The molecule has 0 unspecified atom stereocenters. The van der Waals surface area contributed by atoms with Crippen LogP contribution in [0.3, 0.4) is 0 Å². The van der Waals surface area contributed by atoms with Crippen LogP contribution in [0.4, 0.5) is 0 Å². The van der Waals surface area contributed by atoms with Crippen LogP contribution in [-0.2, 0) is 14.9 Å². The van der Waals surface area contributed by atoms with E-state index in [0.717, 1.165) is 4.47 Å². The lowest BCUT2D eigenvalue weighted by Crippen LogP contribution is -2.26. The predicted octanol–water partition coefficient (Wildman–Crippen LogP) is 1.22. The fourth-order valence-electron chi connectivity index (χ4n) is 1.59. The standard InChI is InChI=1S/C11H13NO4S/c1-9(13)10-3-5-11(6-4-10)17(14,15)12-7-2-8-16-12/h3-6H,2,7-8H2,1H3. The summed E-state index contributed by atoms with van der Waals surface area (Å²) in [5.41, 5.74) is 0.492. The molecule has 1 heterocycles. The van der Waals surface area contributed by atoms with Crippen molar-refractivity contribution in [2.45, 2.75) is 18.2 Å². The molecule has 1 fully saturated rings. The average molecular weight is 255 g/mol. The van der Waals surface area contributed by atoms with Crippen molar-refractivity contribution in [3.8, 4) is 0 Å². The first-order valence-corrected chi connectivity index (χ1v) is 6.72. The first kappa shape index (κ1) is 12.2. The van der Waals surface area contributed by atoms with Gasteiger partial charge in [-0.1, -0.05) is 16.6 Å². The Kier molecular flexibility index (Phi) is 3.28. The third kappa shape index (κ3) is 2.38. The van der Waals surface area contributed by atoms with E-state index in [1.807, 2.05) is 0 Å². The van der Waals surface area contributed by atoms with Gasteiger partial charge < -0.3 is 0 Å². The molecule has 0 bridgehead atoms. The van der Waals surface area contributed by atoms with E-state index < -0.39 is 10.0 Å². The van der Waals surface area contributed by atoms with E-state index in [-0.39, 0.29) is 10.7 Å². The summed E-state index contributed by atoms with van der Waals surface area (Å²) in [5, 5.41) is 0. The fraction of sp³-hybridized carbons (Fsp3) is 0.364. The first-order valence-electron chi connectivity index (χ1n) is 5.28. The number of hydrogen-bond donors (Lipinski definition) is 0. The van der Waals surface area contributed by atoms with Gasteiger partial charge in [0, 0.05) is 12.1 Å². The maximum absolute atomic E-state index is 12.0. The number of carbonyl (C=O) groups is 1. The van der Waals surface area contributed by atoms with Gasteiger partial charge in [-0.05, 0) is 25.5 Å². The van der Waals surface area contributed by atoms with Gasteiger partial charge in [-0.3, -0.25) is 9.63 Å². The zero-order chi connectivity index (χ0) is 12.5. The van der Waals surface area contributed by atoms with Gasteiger partial charge >= 0.3 is 0 Å². The lowest BCUT2D eigenvalue weighted by atomic mass is 10.2. The molecule has 1 aliphatic rings. The lowest BCUT2D eigenvalue weighted by Gasteiger charge is -2.14. The van der Waals surface area contributed by atoms with Gasteiger partial charge in [0.15, 0.2) is 5.78 Å². The van der Waals surface area contributed by atoms with Gasteiger partial charge in [0.2, 0.25) is 0 Å². The molecule has 1 aromatic rings. The van der Waals surface area contributed by atoms with Crippen LogP contribution in [-0.4, -0.2) is 31.8 Å². The van der Waals surface area contributed by atoms with Gasteiger partial charge in [0.1, 0.15) is 0 Å². The molecule has 1 saturated heterocycles. The van der Waals surface area contributed by atoms with Crippen molar-refractivity contribution < 1.29 is 18.0 Å². The van der Waals surface area contributed by atoms with E-state index >= 15 is 0 Å². The minimum Gasteiger partial charge on any atom is -0.295 e. The van der Waals surface area contributed by atoms with Crippen LogP contribution in [0.15, 0.2) is 29.2 Å². The Hall–Kier alpha value is -1.24. The molecule has 0 aliphatic carbocycles. The third-order valence-corrected chi connectivity index (χ3v) is 4.24. The maximum Gasteiger partial charge on any atom is 0.265 e. The summed E-state index contributed by atoms with van der Waals surface area (Å²) in [5.74, 6) is -0.0913. The van der Waals surface area contributed by atoms with Crippen molar-refractivity contribution in [2.24, 2.45) is 0 Å². The topological polar surface area (TPSA) is 63.7 Å². The molecule has 0 saturated carbocycles. The number of carbonyl (C=O) groups excluding carboxylic acids is 1. The summed E-state index contributed by atoms with van der Waals surface area (Å²) < 4.78 is 25.1. The highest BCUT2D eigenvalue weighted by atomic mass is 32.2. The zero-order valence-corrected chi connectivity index (χ0v) is 10.2. The van der Waals surface area contributed by atoms with Crippen LogP contribution in [0.2, 0.25) is 0 Å². The minimum absolute atomic E-state index is 0.0913. The molecule has 6 heteroatoms. The molecule has 0 aromatic heterocycles. The second-order valence-electron chi connectivity index (χ2n) is 3.80. The number of rotatable bonds is 3. The molecule has 5 nitrogen and oxygen atoms in total. The Morgan fingerprint density at radius 1 is 1.29 bits per heavy atom. The predicted molar refractivity (Wildman–Crippen MR) is 60.9 cm³/mol. The monoisotopic (exact) mass is 255 g/mol. The summed E-state index contributed by atoms with van der Waals surface area (Å²) in [6.07, 6.45) is 0.699. The normalized spacial score (nSPS) is 17.2. The highest BCUT2D eigenvalue weighted by Crippen LogP contribution is 2.20. The molecule has 17 heavy (non-hydrogen) atoms. The largest absolute Gasteiger partial charge is 0.295 e. The van der Waals surface area contributed by atoms with Gasteiger partial charge in [-0.2, -0.15) is 0 Å². The zero-order valence-electron chi connectivity index (χ0n) is 9.42. The molecule has 0 amide bonds. The summed E-state index contributed by atoms with van der Waals surface area (Å²) in [6.45, 7) is 2.23. The molecular weight excluding hydrogens is 242 g/mol. The molecule has 0 radical (unpaired) electrons. The smallest absolute Gasteiger partial charge is 0.265 e. The number of nitrogens with zero attached hydrogens (tertiary/aromatic N) is 1. The molecule has 1 aromatic carbocycles. The Bertz CT molecular complexity index is 515. The van der Waals surface area contributed by atoms with Crippen molar-refractivity contribution in [3.63, 3.8) is 0 Å². The molecule has 92 valence electrons. The molecular formula is C11H13NO4S. The lowest BCUT2D eigenvalue weighted by molar-refractivity contribution is -0.0284. The van der Waals surface area contributed by atoms with Crippen LogP contribution in [0.5, 0.6) is 0 Å². The van der Waals surface area contributed by atoms with E-state index in [1.54, 1.807) is 0 Å². The second-order valence-corrected chi connectivity index (χ2v) is 5.63. The van der Waals surface area contributed by atoms with Gasteiger partial charge in [0.25, 0.3) is 10.0 Å². The highest BCUT2D eigenvalue weighted by Gasteiger charge is 2.28. The Morgan fingerprint density at radius 3 is 2.41 bits per heavy atom. The Morgan fingerprint density at radius 2 is 1.94 bits per heavy atom. The summed E-state index contributed by atoms with van der Waals surface area (Å²) >= 11 is 0.